The summed E-state index contributed by atoms with van der Waals surface area (Å²) in [5, 5.41) is 0.0762. The van der Waals surface area contributed by atoms with E-state index in [0.29, 0.717) is 9.92 Å². The number of sulfone groups is 1. The molecule has 0 spiro atoms. The first-order valence-electron chi connectivity index (χ1n) is 6.73. The first-order valence-corrected chi connectivity index (χ1v) is 8.65. The molecule has 0 unspecified atom stereocenters. The summed E-state index contributed by atoms with van der Waals surface area (Å²) in [5.41, 5.74) is 7.98. The Kier molecular flexibility index (Phi) is 3.56. The second kappa shape index (κ2) is 5.13. The van der Waals surface area contributed by atoms with Gasteiger partial charge in [-0.15, -0.1) is 0 Å². The lowest BCUT2D eigenvalue weighted by Gasteiger charge is -2.04. The first-order chi connectivity index (χ1) is 9.91. The van der Waals surface area contributed by atoms with Gasteiger partial charge in [-0.2, -0.15) is 0 Å². The van der Waals surface area contributed by atoms with E-state index in [4.69, 9.17) is 17.3 Å². The van der Waals surface area contributed by atoms with Gasteiger partial charge in [0.1, 0.15) is 0 Å². The average molecular weight is 322 g/mol. The lowest BCUT2D eigenvalue weighted by molar-refractivity contribution is 0.593. The molecule has 0 amide bonds. The largest absolute Gasteiger partial charge is 0.326 e. The van der Waals surface area contributed by atoms with Crippen LogP contribution in [-0.2, 0) is 9.84 Å². The van der Waals surface area contributed by atoms with Gasteiger partial charge in [-0.3, -0.25) is 0 Å². The summed E-state index contributed by atoms with van der Waals surface area (Å²) in [4.78, 5) is 0.338. The molecule has 1 aliphatic rings. The summed E-state index contributed by atoms with van der Waals surface area (Å²) in [6.45, 7) is 1.93. The second-order valence-corrected chi connectivity index (χ2v) is 8.02. The van der Waals surface area contributed by atoms with Crippen molar-refractivity contribution in [3.8, 4) is 0 Å². The molecule has 0 heterocycles. The van der Waals surface area contributed by atoms with Gasteiger partial charge in [0.05, 0.1) is 10.1 Å². The van der Waals surface area contributed by atoms with E-state index in [1.165, 1.54) is 0 Å². The van der Waals surface area contributed by atoms with Gasteiger partial charge in [-0.1, -0.05) is 41.4 Å². The van der Waals surface area contributed by atoms with Gasteiger partial charge in [-0.25, -0.2) is 8.42 Å². The Morgan fingerprint density at radius 3 is 2.14 bits per heavy atom. The number of nitrogens with two attached hydrogens (primary N) is 1. The third-order valence-electron chi connectivity index (χ3n) is 3.97. The van der Waals surface area contributed by atoms with Crippen molar-refractivity contribution in [2.75, 3.05) is 0 Å². The third kappa shape index (κ3) is 2.59. The zero-order valence-electron chi connectivity index (χ0n) is 11.5. The van der Waals surface area contributed by atoms with Crippen LogP contribution in [-0.4, -0.2) is 19.7 Å². The molecule has 5 heteroatoms. The minimum atomic E-state index is -3.40. The Hall–Kier alpha value is -1.36. The summed E-state index contributed by atoms with van der Waals surface area (Å²) in [7, 11) is -3.40. The molecule has 110 valence electrons. The van der Waals surface area contributed by atoms with Gasteiger partial charge in [0.15, 0.2) is 9.84 Å². The SMILES string of the molecule is Cc1ccc(S(=O)(=O)[C@H]2[C@@H](N)[C@@H]2c2ccc(Cl)cc2)cc1. The summed E-state index contributed by atoms with van der Waals surface area (Å²) in [6, 6.07) is 13.8. The van der Waals surface area contributed by atoms with Crippen LogP contribution in [0, 0.1) is 6.92 Å². The van der Waals surface area contributed by atoms with Crippen molar-refractivity contribution in [1.29, 1.82) is 0 Å². The van der Waals surface area contributed by atoms with Crippen molar-refractivity contribution in [3.63, 3.8) is 0 Å². The molecule has 2 aromatic carbocycles. The van der Waals surface area contributed by atoms with E-state index in [1.54, 1.807) is 36.4 Å². The quantitative estimate of drug-likeness (QED) is 0.945. The Morgan fingerprint density at radius 1 is 1.00 bits per heavy atom. The number of hydrogen-bond donors (Lipinski definition) is 1. The molecule has 21 heavy (non-hydrogen) atoms. The highest BCUT2D eigenvalue weighted by molar-refractivity contribution is 7.92. The molecule has 2 N–H and O–H groups in total. The van der Waals surface area contributed by atoms with Crippen LogP contribution in [0.3, 0.4) is 0 Å². The van der Waals surface area contributed by atoms with E-state index in [1.807, 2.05) is 19.1 Å². The fraction of sp³-hybridized carbons (Fsp3) is 0.250. The Labute approximate surface area is 129 Å². The molecule has 0 aromatic heterocycles. The summed E-state index contributed by atoms with van der Waals surface area (Å²) in [5.74, 6) is -0.159. The number of hydrogen-bond acceptors (Lipinski definition) is 3. The maximum Gasteiger partial charge on any atom is 0.183 e. The normalized spacial score (nSPS) is 24.8. The van der Waals surface area contributed by atoms with Gasteiger partial charge in [-0.05, 0) is 36.8 Å². The van der Waals surface area contributed by atoms with Gasteiger partial charge >= 0.3 is 0 Å². The minimum Gasteiger partial charge on any atom is -0.326 e. The Balaban J connectivity index is 1.91. The lowest BCUT2D eigenvalue weighted by atomic mass is 10.1. The Bertz CT molecular complexity index is 754. The summed E-state index contributed by atoms with van der Waals surface area (Å²) < 4.78 is 25.3. The smallest absolute Gasteiger partial charge is 0.183 e. The highest BCUT2D eigenvalue weighted by Crippen LogP contribution is 2.47. The molecule has 3 atom stereocenters. The molecular formula is C16H16ClNO2S. The van der Waals surface area contributed by atoms with Gasteiger partial charge in [0.25, 0.3) is 0 Å². The molecule has 2 aromatic rings. The van der Waals surface area contributed by atoms with E-state index in [0.717, 1.165) is 11.1 Å². The molecule has 1 fully saturated rings. The van der Waals surface area contributed by atoms with Crippen molar-refractivity contribution in [2.24, 2.45) is 5.73 Å². The van der Waals surface area contributed by atoms with Crippen molar-refractivity contribution in [1.82, 2.24) is 0 Å². The monoisotopic (exact) mass is 321 g/mol. The van der Waals surface area contributed by atoms with E-state index in [-0.39, 0.29) is 12.0 Å². The molecule has 3 rings (SSSR count). The fourth-order valence-corrected chi connectivity index (χ4v) is 4.86. The molecule has 0 radical (unpaired) electrons. The zero-order chi connectivity index (χ0) is 15.2. The van der Waals surface area contributed by atoms with Crippen LogP contribution in [0.4, 0.5) is 0 Å². The summed E-state index contributed by atoms with van der Waals surface area (Å²) in [6.07, 6.45) is 0. The zero-order valence-corrected chi connectivity index (χ0v) is 13.1. The van der Waals surface area contributed by atoms with E-state index >= 15 is 0 Å². The van der Waals surface area contributed by atoms with Crippen LogP contribution in [0.2, 0.25) is 5.02 Å². The molecule has 0 saturated heterocycles. The van der Waals surface area contributed by atoms with E-state index in [9.17, 15) is 8.42 Å². The van der Waals surface area contributed by atoms with Crippen LogP contribution < -0.4 is 5.73 Å². The molecule has 1 saturated carbocycles. The lowest BCUT2D eigenvalue weighted by Crippen LogP contribution is -2.15. The number of halogens is 1. The van der Waals surface area contributed by atoms with E-state index < -0.39 is 15.1 Å². The predicted octanol–water partition coefficient (Wildman–Crippen LogP) is 2.92. The van der Waals surface area contributed by atoms with Crippen LogP contribution in [0.25, 0.3) is 0 Å². The standard InChI is InChI=1S/C16H16ClNO2S/c1-10-2-8-13(9-3-10)21(19,20)16-14(15(16)18)11-4-6-12(17)7-5-11/h2-9,14-16H,18H2,1H3/t14-,15-,16+/m0/s1. The maximum atomic E-state index is 12.7. The van der Waals surface area contributed by atoms with Crippen LogP contribution in [0.1, 0.15) is 17.0 Å². The van der Waals surface area contributed by atoms with Crippen molar-refractivity contribution < 1.29 is 8.42 Å². The summed E-state index contributed by atoms with van der Waals surface area (Å²) >= 11 is 5.86. The maximum absolute atomic E-state index is 12.7. The predicted molar refractivity (Wildman–Crippen MR) is 84.3 cm³/mol. The molecule has 0 bridgehead atoms. The van der Waals surface area contributed by atoms with Crippen molar-refractivity contribution in [3.05, 3.63) is 64.7 Å². The fourth-order valence-electron chi connectivity index (χ4n) is 2.69. The second-order valence-electron chi connectivity index (χ2n) is 5.48. The highest BCUT2D eigenvalue weighted by atomic mass is 35.5. The van der Waals surface area contributed by atoms with E-state index in [2.05, 4.69) is 0 Å². The highest BCUT2D eigenvalue weighted by Gasteiger charge is 2.57. The molecular weight excluding hydrogens is 306 g/mol. The van der Waals surface area contributed by atoms with Crippen LogP contribution in [0.15, 0.2) is 53.4 Å². The number of benzene rings is 2. The first kappa shape index (κ1) is 14.6. The molecule has 0 aliphatic heterocycles. The van der Waals surface area contributed by atoms with Crippen molar-refractivity contribution >= 4 is 21.4 Å². The van der Waals surface area contributed by atoms with Gasteiger partial charge < -0.3 is 5.73 Å². The third-order valence-corrected chi connectivity index (χ3v) is 6.48. The Morgan fingerprint density at radius 2 is 1.57 bits per heavy atom. The topological polar surface area (TPSA) is 60.2 Å². The molecule has 3 nitrogen and oxygen atoms in total. The van der Waals surface area contributed by atoms with Crippen molar-refractivity contribution in [2.45, 2.75) is 29.0 Å². The van der Waals surface area contributed by atoms with Crippen LogP contribution >= 0.6 is 11.6 Å². The number of rotatable bonds is 3. The average Bonchev–Trinajstić information content (AvgIpc) is 3.12. The van der Waals surface area contributed by atoms with Crippen LogP contribution in [0.5, 0.6) is 0 Å². The minimum absolute atomic E-state index is 0.159. The van der Waals surface area contributed by atoms with Gasteiger partial charge in [0.2, 0.25) is 0 Å². The van der Waals surface area contributed by atoms with Gasteiger partial charge in [0, 0.05) is 17.0 Å². The number of aryl methyl sites for hydroxylation is 1. The molecule has 1 aliphatic carbocycles.